The minimum Gasteiger partial charge on any atom is -0.315 e. The first-order chi connectivity index (χ1) is 7.03. The third kappa shape index (κ3) is 2.94. The van der Waals surface area contributed by atoms with Gasteiger partial charge in [0.05, 0.1) is 0 Å². The molecule has 0 aliphatic heterocycles. The van der Waals surface area contributed by atoms with Gasteiger partial charge in [0.2, 0.25) is 0 Å². The Morgan fingerprint density at radius 2 is 2.07 bits per heavy atom. The van der Waals surface area contributed by atoms with Gasteiger partial charge in [0.1, 0.15) is 0 Å². The molecule has 1 rings (SSSR count). The van der Waals surface area contributed by atoms with Crippen molar-refractivity contribution in [1.82, 2.24) is 10.2 Å². The monoisotopic (exact) mass is 212 g/mol. The molecule has 0 aromatic heterocycles. The average molecular weight is 212 g/mol. The van der Waals surface area contributed by atoms with Gasteiger partial charge in [-0.3, -0.25) is 0 Å². The van der Waals surface area contributed by atoms with Crippen molar-refractivity contribution in [2.75, 3.05) is 20.6 Å². The van der Waals surface area contributed by atoms with E-state index in [4.69, 9.17) is 0 Å². The molecule has 15 heavy (non-hydrogen) atoms. The summed E-state index contributed by atoms with van der Waals surface area (Å²) in [6.45, 7) is 8.29. The van der Waals surface area contributed by atoms with Crippen molar-refractivity contribution in [3.63, 3.8) is 0 Å². The van der Waals surface area contributed by atoms with Crippen molar-refractivity contribution in [2.24, 2.45) is 5.41 Å². The summed E-state index contributed by atoms with van der Waals surface area (Å²) in [5.41, 5.74) is 0.444. The van der Waals surface area contributed by atoms with Crippen molar-refractivity contribution in [3.05, 3.63) is 0 Å². The zero-order chi connectivity index (χ0) is 11.5. The van der Waals surface area contributed by atoms with Gasteiger partial charge < -0.3 is 10.2 Å². The van der Waals surface area contributed by atoms with E-state index in [9.17, 15) is 0 Å². The Hall–Kier alpha value is -0.0800. The summed E-state index contributed by atoms with van der Waals surface area (Å²) in [7, 11) is 4.39. The van der Waals surface area contributed by atoms with Crippen LogP contribution in [-0.2, 0) is 0 Å². The van der Waals surface area contributed by atoms with Crippen LogP contribution in [-0.4, -0.2) is 37.6 Å². The Kier molecular flexibility index (Phi) is 4.60. The van der Waals surface area contributed by atoms with Gasteiger partial charge in [0.15, 0.2) is 0 Å². The molecular weight excluding hydrogens is 184 g/mol. The van der Waals surface area contributed by atoms with Crippen LogP contribution in [0.3, 0.4) is 0 Å². The van der Waals surface area contributed by atoms with E-state index in [-0.39, 0.29) is 0 Å². The average Bonchev–Trinajstić information content (AvgIpc) is 2.16. The van der Waals surface area contributed by atoms with Crippen molar-refractivity contribution >= 4 is 0 Å². The lowest BCUT2D eigenvalue weighted by molar-refractivity contribution is 0.0672. The predicted octanol–water partition coefficient (Wildman–Crippen LogP) is 2.49. The highest BCUT2D eigenvalue weighted by molar-refractivity contribution is 4.96. The third-order valence-electron chi connectivity index (χ3n) is 4.00. The Labute approximate surface area is 95.4 Å². The smallest absolute Gasteiger partial charge is 0.0271 e. The minimum absolute atomic E-state index is 0.444. The normalized spacial score (nSPS) is 30.8. The van der Waals surface area contributed by atoms with E-state index < -0.39 is 0 Å². The highest BCUT2D eigenvalue weighted by atomic mass is 15.2. The van der Waals surface area contributed by atoms with Crippen LogP contribution in [0.1, 0.15) is 46.5 Å². The lowest BCUT2D eigenvalue weighted by Gasteiger charge is -2.47. The maximum atomic E-state index is 3.54. The molecule has 0 bridgehead atoms. The van der Waals surface area contributed by atoms with E-state index in [1.54, 1.807) is 0 Å². The molecule has 0 spiro atoms. The van der Waals surface area contributed by atoms with Gasteiger partial charge >= 0.3 is 0 Å². The second kappa shape index (κ2) is 5.31. The van der Waals surface area contributed by atoms with Crippen LogP contribution in [0.15, 0.2) is 0 Å². The summed E-state index contributed by atoms with van der Waals surface area (Å²) in [4.78, 5) is 2.54. The fourth-order valence-electron chi connectivity index (χ4n) is 3.19. The molecule has 2 atom stereocenters. The highest BCUT2D eigenvalue weighted by Crippen LogP contribution is 2.37. The third-order valence-corrected chi connectivity index (χ3v) is 4.00. The Morgan fingerprint density at radius 3 is 2.60 bits per heavy atom. The Balaban J connectivity index is 2.69. The molecule has 0 aromatic rings. The van der Waals surface area contributed by atoms with Crippen LogP contribution < -0.4 is 5.32 Å². The first kappa shape index (κ1) is 13.0. The summed E-state index contributed by atoms with van der Waals surface area (Å²) < 4.78 is 0. The molecule has 2 unspecified atom stereocenters. The Bertz CT molecular complexity index is 189. The molecule has 1 saturated carbocycles. The predicted molar refractivity (Wildman–Crippen MR) is 67.2 cm³/mol. The van der Waals surface area contributed by atoms with Gasteiger partial charge in [-0.1, -0.05) is 27.2 Å². The number of hydrogen-bond acceptors (Lipinski definition) is 2. The van der Waals surface area contributed by atoms with Crippen molar-refractivity contribution in [2.45, 2.75) is 58.5 Å². The van der Waals surface area contributed by atoms with E-state index >= 15 is 0 Å². The minimum atomic E-state index is 0.444. The van der Waals surface area contributed by atoms with Crippen molar-refractivity contribution in [1.29, 1.82) is 0 Å². The molecule has 0 radical (unpaired) electrons. The maximum Gasteiger partial charge on any atom is 0.0271 e. The topological polar surface area (TPSA) is 15.3 Å². The van der Waals surface area contributed by atoms with E-state index in [2.05, 4.69) is 45.1 Å². The SMILES string of the molecule is CCCN(C)C1CCCC(C)(C)C1NC. The molecule has 1 aliphatic carbocycles. The number of nitrogens with one attached hydrogen (secondary N) is 1. The van der Waals surface area contributed by atoms with Crippen molar-refractivity contribution < 1.29 is 0 Å². The van der Waals surface area contributed by atoms with Crippen molar-refractivity contribution in [3.8, 4) is 0 Å². The molecule has 0 heterocycles. The second-order valence-electron chi connectivity index (χ2n) is 5.70. The molecule has 1 fully saturated rings. The van der Waals surface area contributed by atoms with Gasteiger partial charge in [0, 0.05) is 12.1 Å². The molecule has 0 amide bonds. The summed E-state index contributed by atoms with van der Waals surface area (Å²) in [6.07, 6.45) is 5.34. The van der Waals surface area contributed by atoms with Crippen LogP contribution in [0.2, 0.25) is 0 Å². The number of rotatable bonds is 4. The van der Waals surface area contributed by atoms with E-state index in [0.717, 1.165) is 6.04 Å². The summed E-state index contributed by atoms with van der Waals surface area (Å²) >= 11 is 0. The summed E-state index contributed by atoms with van der Waals surface area (Å²) in [6, 6.07) is 1.36. The standard InChI is InChI=1S/C13H28N2/c1-6-10-15(5)11-8-7-9-13(2,3)12(11)14-4/h11-12,14H,6-10H2,1-5H3. The fourth-order valence-corrected chi connectivity index (χ4v) is 3.19. The molecule has 1 aliphatic rings. The van der Waals surface area contributed by atoms with Crippen LogP contribution in [0, 0.1) is 5.41 Å². The number of nitrogens with zero attached hydrogens (tertiary/aromatic N) is 1. The summed E-state index contributed by atoms with van der Waals surface area (Å²) in [5, 5.41) is 3.54. The molecule has 0 aromatic carbocycles. The molecule has 0 saturated heterocycles. The molecule has 1 N–H and O–H groups in total. The van der Waals surface area contributed by atoms with E-state index in [0.29, 0.717) is 11.5 Å². The maximum absolute atomic E-state index is 3.54. The number of hydrogen-bond donors (Lipinski definition) is 1. The lowest BCUT2D eigenvalue weighted by Crippen LogP contribution is -2.57. The molecular formula is C13H28N2. The molecule has 2 nitrogen and oxygen atoms in total. The zero-order valence-electron chi connectivity index (χ0n) is 11.1. The summed E-state index contributed by atoms with van der Waals surface area (Å²) in [5.74, 6) is 0. The largest absolute Gasteiger partial charge is 0.315 e. The first-order valence-electron chi connectivity index (χ1n) is 6.40. The van der Waals surface area contributed by atoms with Gasteiger partial charge in [0.25, 0.3) is 0 Å². The molecule has 2 heteroatoms. The van der Waals surface area contributed by atoms with Gasteiger partial charge in [-0.25, -0.2) is 0 Å². The van der Waals surface area contributed by atoms with Gasteiger partial charge in [-0.05, 0) is 45.3 Å². The Morgan fingerprint density at radius 1 is 1.40 bits per heavy atom. The van der Waals surface area contributed by atoms with Crippen LogP contribution in [0.5, 0.6) is 0 Å². The second-order valence-corrected chi connectivity index (χ2v) is 5.70. The zero-order valence-corrected chi connectivity index (χ0v) is 11.1. The number of likely N-dealkylation sites (N-methyl/N-ethyl adjacent to an activating group) is 2. The van der Waals surface area contributed by atoms with E-state index in [1.165, 1.54) is 32.2 Å². The highest BCUT2D eigenvalue weighted by Gasteiger charge is 2.39. The fraction of sp³-hybridized carbons (Fsp3) is 1.00. The van der Waals surface area contributed by atoms with E-state index in [1.807, 2.05) is 0 Å². The quantitative estimate of drug-likeness (QED) is 0.770. The van der Waals surface area contributed by atoms with Gasteiger partial charge in [-0.15, -0.1) is 0 Å². The van der Waals surface area contributed by atoms with Crippen LogP contribution in [0.4, 0.5) is 0 Å². The molecule has 90 valence electrons. The lowest BCUT2D eigenvalue weighted by atomic mass is 9.70. The van der Waals surface area contributed by atoms with Crippen LogP contribution in [0.25, 0.3) is 0 Å². The van der Waals surface area contributed by atoms with Gasteiger partial charge in [-0.2, -0.15) is 0 Å². The van der Waals surface area contributed by atoms with Crippen LogP contribution >= 0.6 is 0 Å². The first-order valence-corrected chi connectivity index (χ1v) is 6.40.